The predicted octanol–water partition coefficient (Wildman–Crippen LogP) is 0.0526. The molecule has 0 spiro atoms. The first-order valence-electron chi connectivity index (χ1n) is 5.83. The summed E-state index contributed by atoms with van der Waals surface area (Å²) in [6.07, 6.45) is 0.884. The molecule has 1 saturated heterocycles. The van der Waals surface area contributed by atoms with E-state index in [1.54, 1.807) is 0 Å². The van der Waals surface area contributed by atoms with Crippen molar-refractivity contribution in [2.24, 2.45) is 5.92 Å². The number of urea groups is 1. The highest BCUT2D eigenvalue weighted by Gasteiger charge is 2.35. The minimum absolute atomic E-state index is 0.105. The number of carboxylic acid groups (broad SMARTS) is 1. The van der Waals surface area contributed by atoms with E-state index in [1.807, 2.05) is 21.0 Å². The fourth-order valence-electron chi connectivity index (χ4n) is 1.63. The second-order valence-electron chi connectivity index (χ2n) is 4.88. The van der Waals surface area contributed by atoms with E-state index < -0.39 is 11.9 Å². The van der Waals surface area contributed by atoms with Gasteiger partial charge in [0.25, 0.3) is 0 Å². The summed E-state index contributed by atoms with van der Waals surface area (Å²) in [7, 11) is 3.98. The molecule has 2 N–H and O–H groups in total. The smallest absolute Gasteiger partial charge is 0.317 e. The molecule has 98 valence electrons. The summed E-state index contributed by atoms with van der Waals surface area (Å²) in [6, 6.07) is -0.0532. The lowest BCUT2D eigenvalue weighted by Gasteiger charge is -2.37. The zero-order chi connectivity index (χ0) is 13.0. The molecule has 1 aliphatic heterocycles. The molecule has 6 nitrogen and oxygen atoms in total. The van der Waals surface area contributed by atoms with Gasteiger partial charge in [0.1, 0.15) is 0 Å². The lowest BCUT2D eigenvalue weighted by atomic mass is 10.0. The Bertz CT molecular complexity index is 288. The van der Waals surface area contributed by atoms with Crippen LogP contribution in [0.3, 0.4) is 0 Å². The summed E-state index contributed by atoms with van der Waals surface area (Å²) in [5.41, 5.74) is 0. The summed E-state index contributed by atoms with van der Waals surface area (Å²) in [4.78, 5) is 25.8. The Morgan fingerprint density at radius 3 is 2.53 bits per heavy atom. The summed E-state index contributed by atoms with van der Waals surface area (Å²) >= 11 is 0. The summed E-state index contributed by atoms with van der Waals surface area (Å²) in [6.45, 7) is 3.51. The van der Waals surface area contributed by atoms with Crippen LogP contribution in [0.1, 0.15) is 13.3 Å². The molecule has 0 saturated carbocycles. The van der Waals surface area contributed by atoms with Gasteiger partial charge >= 0.3 is 12.0 Å². The summed E-state index contributed by atoms with van der Waals surface area (Å²) in [5, 5.41) is 11.6. The van der Waals surface area contributed by atoms with E-state index in [0.29, 0.717) is 13.1 Å². The van der Waals surface area contributed by atoms with E-state index in [9.17, 15) is 9.59 Å². The fraction of sp³-hybridized carbons (Fsp3) is 0.818. The molecule has 0 aromatic heterocycles. The number of rotatable bonds is 5. The van der Waals surface area contributed by atoms with Gasteiger partial charge < -0.3 is 20.2 Å². The van der Waals surface area contributed by atoms with E-state index >= 15 is 0 Å². The molecular weight excluding hydrogens is 222 g/mol. The largest absolute Gasteiger partial charge is 0.481 e. The molecule has 6 heteroatoms. The number of carbonyl (C=O) groups excluding carboxylic acids is 1. The van der Waals surface area contributed by atoms with Gasteiger partial charge in [-0.15, -0.1) is 0 Å². The van der Waals surface area contributed by atoms with Crippen molar-refractivity contribution >= 4 is 12.0 Å². The Labute approximate surface area is 102 Å². The number of aliphatic carboxylic acids is 1. The molecule has 0 aromatic rings. The molecule has 2 amide bonds. The van der Waals surface area contributed by atoms with Crippen molar-refractivity contribution in [3.63, 3.8) is 0 Å². The number of hydrogen-bond donors (Lipinski definition) is 2. The number of likely N-dealkylation sites (tertiary alicyclic amines) is 1. The van der Waals surface area contributed by atoms with Crippen LogP contribution in [0.2, 0.25) is 0 Å². The second kappa shape index (κ2) is 5.86. The van der Waals surface area contributed by atoms with Crippen LogP contribution in [0, 0.1) is 5.92 Å². The van der Waals surface area contributed by atoms with Crippen LogP contribution >= 0.6 is 0 Å². The van der Waals surface area contributed by atoms with Gasteiger partial charge in [0, 0.05) is 19.1 Å². The lowest BCUT2D eigenvalue weighted by Crippen LogP contribution is -2.57. The molecule has 0 aliphatic carbocycles. The third-order valence-corrected chi connectivity index (χ3v) is 2.90. The van der Waals surface area contributed by atoms with Gasteiger partial charge in [-0.25, -0.2) is 4.79 Å². The number of hydrogen-bond acceptors (Lipinski definition) is 3. The molecule has 1 aliphatic rings. The van der Waals surface area contributed by atoms with E-state index in [-0.39, 0.29) is 12.1 Å². The van der Waals surface area contributed by atoms with Crippen molar-refractivity contribution in [2.45, 2.75) is 19.4 Å². The van der Waals surface area contributed by atoms with Crippen LogP contribution in [-0.2, 0) is 4.79 Å². The predicted molar refractivity (Wildman–Crippen MR) is 63.9 cm³/mol. The molecule has 0 radical (unpaired) electrons. The maximum atomic E-state index is 11.7. The Morgan fingerprint density at radius 2 is 2.06 bits per heavy atom. The second-order valence-corrected chi connectivity index (χ2v) is 4.88. The van der Waals surface area contributed by atoms with Crippen molar-refractivity contribution in [1.29, 1.82) is 0 Å². The van der Waals surface area contributed by atoms with Crippen LogP contribution in [0.25, 0.3) is 0 Å². The third kappa shape index (κ3) is 4.22. The van der Waals surface area contributed by atoms with Crippen molar-refractivity contribution in [3.05, 3.63) is 0 Å². The number of nitrogens with zero attached hydrogens (tertiary/aromatic N) is 2. The Morgan fingerprint density at radius 1 is 1.47 bits per heavy atom. The van der Waals surface area contributed by atoms with Gasteiger partial charge in [-0.1, -0.05) is 0 Å². The first-order chi connectivity index (χ1) is 7.90. The van der Waals surface area contributed by atoms with E-state index in [1.165, 1.54) is 4.90 Å². The van der Waals surface area contributed by atoms with E-state index in [0.717, 1.165) is 13.0 Å². The standard InChI is InChI=1S/C11H21N3O3/c1-8(4-5-13(2)3)12-11(17)14-6-9(7-14)10(15)16/h8-9H,4-7H2,1-3H3,(H,12,17)(H,15,16). The molecule has 0 bridgehead atoms. The van der Waals surface area contributed by atoms with E-state index in [2.05, 4.69) is 10.2 Å². The molecule has 1 unspecified atom stereocenters. The average Bonchev–Trinajstić information content (AvgIpc) is 2.11. The zero-order valence-electron chi connectivity index (χ0n) is 10.6. The maximum Gasteiger partial charge on any atom is 0.317 e. The van der Waals surface area contributed by atoms with Gasteiger partial charge in [-0.05, 0) is 34.0 Å². The lowest BCUT2D eigenvalue weighted by molar-refractivity contribution is -0.146. The number of carboxylic acids is 1. The minimum Gasteiger partial charge on any atom is -0.481 e. The van der Waals surface area contributed by atoms with E-state index in [4.69, 9.17) is 5.11 Å². The quantitative estimate of drug-likeness (QED) is 0.716. The van der Waals surface area contributed by atoms with Crippen LogP contribution in [0.15, 0.2) is 0 Å². The Kier molecular flexibility index (Phi) is 4.74. The van der Waals surface area contributed by atoms with Gasteiger partial charge in [-0.2, -0.15) is 0 Å². The van der Waals surface area contributed by atoms with Gasteiger partial charge in [-0.3, -0.25) is 4.79 Å². The average molecular weight is 243 g/mol. The minimum atomic E-state index is -0.824. The fourth-order valence-corrected chi connectivity index (χ4v) is 1.63. The van der Waals surface area contributed by atoms with Crippen LogP contribution in [0.4, 0.5) is 4.79 Å². The molecule has 1 rings (SSSR count). The third-order valence-electron chi connectivity index (χ3n) is 2.90. The molecule has 1 heterocycles. The van der Waals surface area contributed by atoms with Crippen molar-refractivity contribution in [3.8, 4) is 0 Å². The summed E-state index contributed by atoms with van der Waals surface area (Å²) in [5.74, 6) is -1.22. The van der Waals surface area contributed by atoms with Crippen molar-refractivity contribution in [1.82, 2.24) is 15.1 Å². The molecule has 1 fully saturated rings. The monoisotopic (exact) mass is 243 g/mol. The van der Waals surface area contributed by atoms with Gasteiger partial charge in [0.05, 0.1) is 5.92 Å². The highest BCUT2D eigenvalue weighted by Crippen LogP contribution is 2.15. The SMILES string of the molecule is CC(CCN(C)C)NC(=O)N1CC(C(=O)O)C1. The normalized spacial score (nSPS) is 17.8. The molecule has 1 atom stereocenters. The summed E-state index contributed by atoms with van der Waals surface area (Å²) < 4.78 is 0. The number of nitrogens with one attached hydrogen (secondary N) is 1. The molecule has 0 aromatic carbocycles. The zero-order valence-corrected chi connectivity index (χ0v) is 10.6. The van der Waals surface area contributed by atoms with Crippen LogP contribution in [-0.4, -0.2) is 66.7 Å². The van der Waals surface area contributed by atoms with Crippen LogP contribution in [0.5, 0.6) is 0 Å². The first kappa shape index (κ1) is 13.8. The van der Waals surface area contributed by atoms with Gasteiger partial charge in [0.15, 0.2) is 0 Å². The van der Waals surface area contributed by atoms with Gasteiger partial charge in [0.2, 0.25) is 0 Å². The molecular formula is C11H21N3O3. The van der Waals surface area contributed by atoms with Crippen LogP contribution < -0.4 is 5.32 Å². The highest BCUT2D eigenvalue weighted by molar-refractivity contribution is 5.79. The highest BCUT2D eigenvalue weighted by atomic mass is 16.4. The number of amides is 2. The maximum absolute atomic E-state index is 11.7. The molecule has 17 heavy (non-hydrogen) atoms. The first-order valence-corrected chi connectivity index (χ1v) is 5.83. The Balaban J connectivity index is 2.20. The number of carbonyl (C=O) groups is 2. The van der Waals surface area contributed by atoms with Crippen molar-refractivity contribution in [2.75, 3.05) is 33.7 Å². The topological polar surface area (TPSA) is 72.9 Å². The Hall–Kier alpha value is -1.30. The van der Waals surface area contributed by atoms with Crippen molar-refractivity contribution < 1.29 is 14.7 Å².